The fraction of sp³-hybridized carbons (Fsp3) is 0.0244. The van der Waals surface area contributed by atoms with Crippen LogP contribution in [0.3, 0.4) is 0 Å². The second kappa shape index (κ2) is 10.3. The van der Waals surface area contributed by atoms with E-state index in [0.29, 0.717) is 0 Å². The van der Waals surface area contributed by atoms with Gasteiger partial charge in [-0.1, -0.05) is 109 Å². The highest BCUT2D eigenvalue weighted by Crippen LogP contribution is 2.47. The Bertz CT molecular complexity index is 2130. The standard InChI is InChI=1S/C41H30N2/c1-29-17-23-35(24-18-29)43(34-15-9-4-10-16-34)39-28-22-31-19-25-36-38(27-21-30-20-26-37(39)41(31)40(30)36)42(32-11-5-2-6-12-32)33-13-7-3-8-14-33/h2-28H,1H3. The first-order valence-corrected chi connectivity index (χ1v) is 14.8. The van der Waals surface area contributed by atoms with Gasteiger partial charge in [0.05, 0.1) is 11.4 Å². The minimum atomic E-state index is 1.14. The van der Waals surface area contributed by atoms with Gasteiger partial charge in [-0.2, -0.15) is 0 Å². The Morgan fingerprint density at radius 1 is 0.326 bits per heavy atom. The van der Waals surface area contributed by atoms with Crippen molar-refractivity contribution in [2.45, 2.75) is 6.92 Å². The van der Waals surface area contributed by atoms with E-state index in [1.54, 1.807) is 0 Å². The van der Waals surface area contributed by atoms with Crippen LogP contribution < -0.4 is 9.80 Å². The lowest BCUT2D eigenvalue weighted by Gasteiger charge is -2.29. The van der Waals surface area contributed by atoms with E-state index in [0.717, 1.165) is 22.7 Å². The second-order valence-corrected chi connectivity index (χ2v) is 11.1. The van der Waals surface area contributed by atoms with E-state index < -0.39 is 0 Å². The third kappa shape index (κ3) is 4.27. The largest absolute Gasteiger partial charge is 0.310 e. The number of hydrogen-bond donors (Lipinski definition) is 0. The second-order valence-electron chi connectivity index (χ2n) is 11.1. The maximum atomic E-state index is 2.38. The first-order chi connectivity index (χ1) is 21.3. The molecule has 2 heteroatoms. The molecule has 0 bridgehead atoms. The van der Waals surface area contributed by atoms with Crippen LogP contribution in [0.5, 0.6) is 0 Å². The highest BCUT2D eigenvalue weighted by molar-refractivity contribution is 6.28. The molecule has 0 N–H and O–H groups in total. The fourth-order valence-electron chi connectivity index (χ4n) is 6.44. The minimum Gasteiger partial charge on any atom is -0.310 e. The molecule has 0 aliphatic rings. The zero-order valence-electron chi connectivity index (χ0n) is 24.0. The molecule has 8 aromatic rings. The van der Waals surface area contributed by atoms with Gasteiger partial charge in [0.2, 0.25) is 0 Å². The van der Waals surface area contributed by atoms with Crippen LogP contribution in [0.1, 0.15) is 5.56 Å². The van der Waals surface area contributed by atoms with E-state index in [4.69, 9.17) is 0 Å². The number of nitrogens with zero attached hydrogens (tertiary/aromatic N) is 2. The van der Waals surface area contributed by atoms with Crippen molar-refractivity contribution in [2.24, 2.45) is 0 Å². The van der Waals surface area contributed by atoms with Gasteiger partial charge in [-0.25, -0.2) is 0 Å². The smallest absolute Gasteiger partial charge is 0.0540 e. The number of hydrogen-bond acceptors (Lipinski definition) is 2. The van der Waals surface area contributed by atoms with Crippen molar-refractivity contribution in [1.82, 2.24) is 0 Å². The molecule has 0 aliphatic heterocycles. The average molecular weight is 551 g/mol. The van der Waals surface area contributed by atoms with Crippen LogP contribution in [0.25, 0.3) is 32.3 Å². The normalized spacial score (nSPS) is 11.4. The molecule has 0 heterocycles. The minimum absolute atomic E-state index is 1.14. The molecule has 2 nitrogen and oxygen atoms in total. The summed E-state index contributed by atoms with van der Waals surface area (Å²) in [6.07, 6.45) is 0. The quantitative estimate of drug-likeness (QED) is 0.190. The molecule has 0 aromatic heterocycles. The third-order valence-corrected chi connectivity index (χ3v) is 8.44. The van der Waals surface area contributed by atoms with Gasteiger partial charge in [-0.05, 0) is 89.1 Å². The molecule has 8 rings (SSSR count). The van der Waals surface area contributed by atoms with Crippen LogP contribution in [0.2, 0.25) is 0 Å². The van der Waals surface area contributed by atoms with Crippen molar-refractivity contribution < 1.29 is 0 Å². The monoisotopic (exact) mass is 550 g/mol. The molecule has 0 fully saturated rings. The predicted molar refractivity (Wildman–Crippen MR) is 184 cm³/mol. The van der Waals surface area contributed by atoms with E-state index >= 15 is 0 Å². The van der Waals surface area contributed by atoms with E-state index in [1.165, 1.54) is 49.3 Å². The lowest BCUT2D eigenvalue weighted by atomic mass is 9.91. The van der Waals surface area contributed by atoms with Gasteiger partial charge >= 0.3 is 0 Å². The van der Waals surface area contributed by atoms with Crippen LogP contribution in [0.15, 0.2) is 164 Å². The Morgan fingerprint density at radius 2 is 0.674 bits per heavy atom. The SMILES string of the molecule is Cc1ccc(N(c2ccccc2)c2ccc3ccc4c(N(c5ccccc5)c5ccccc5)ccc5ccc2c3c54)cc1. The maximum absolute atomic E-state index is 2.38. The average Bonchev–Trinajstić information content (AvgIpc) is 3.07. The number of para-hydroxylation sites is 3. The zero-order chi connectivity index (χ0) is 28.8. The van der Waals surface area contributed by atoms with Gasteiger partial charge in [0.1, 0.15) is 0 Å². The van der Waals surface area contributed by atoms with Crippen molar-refractivity contribution in [3.63, 3.8) is 0 Å². The molecule has 43 heavy (non-hydrogen) atoms. The van der Waals surface area contributed by atoms with Crippen molar-refractivity contribution in [3.05, 3.63) is 169 Å². The Morgan fingerprint density at radius 3 is 1.07 bits per heavy atom. The molecule has 0 unspecified atom stereocenters. The summed E-state index contributed by atoms with van der Waals surface area (Å²) in [5, 5.41) is 7.56. The van der Waals surface area contributed by atoms with E-state index in [-0.39, 0.29) is 0 Å². The van der Waals surface area contributed by atoms with Gasteiger partial charge in [0.15, 0.2) is 0 Å². The van der Waals surface area contributed by atoms with Gasteiger partial charge in [-0.3, -0.25) is 0 Å². The number of anilines is 6. The topological polar surface area (TPSA) is 6.48 Å². The first kappa shape index (κ1) is 25.1. The number of aryl methyl sites for hydroxylation is 1. The summed E-state index contributed by atoms with van der Waals surface area (Å²) >= 11 is 0. The van der Waals surface area contributed by atoms with E-state index in [2.05, 4.69) is 181 Å². The molecular formula is C41H30N2. The van der Waals surface area contributed by atoms with Crippen LogP contribution in [-0.2, 0) is 0 Å². The van der Waals surface area contributed by atoms with Crippen LogP contribution >= 0.6 is 0 Å². The molecule has 8 aromatic carbocycles. The Labute approximate surface area is 252 Å². The zero-order valence-corrected chi connectivity index (χ0v) is 24.0. The molecule has 0 saturated carbocycles. The highest BCUT2D eigenvalue weighted by atomic mass is 15.1. The van der Waals surface area contributed by atoms with Gasteiger partial charge in [-0.15, -0.1) is 0 Å². The molecule has 0 aliphatic carbocycles. The first-order valence-electron chi connectivity index (χ1n) is 14.8. The predicted octanol–water partition coefficient (Wildman–Crippen LogP) is 11.8. The molecule has 204 valence electrons. The van der Waals surface area contributed by atoms with Gasteiger partial charge in [0, 0.05) is 33.5 Å². The van der Waals surface area contributed by atoms with Crippen molar-refractivity contribution in [2.75, 3.05) is 9.80 Å². The molecule has 0 amide bonds. The summed E-state index contributed by atoms with van der Waals surface area (Å²) in [4.78, 5) is 4.75. The summed E-state index contributed by atoms with van der Waals surface area (Å²) in [6.45, 7) is 2.14. The Kier molecular flexibility index (Phi) is 6.05. The lowest BCUT2D eigenvalue weighted by molar-refractivity contribution is 1.29. The van der Waals surface area contributed by atoms with Gasteiger partial charge < -0.3 is 9.80 Å². The summed E-state index contributed by atoms with van der Waals surface area (Å²) in [5.74, 6) is 0. The number of benzene rings is 8. The number of rotatable bonds is 6. The summed E-state index contributed by atoms with van der Waals surface area (Å²) in [7, 11) is 0. The molecule has 0 saturated heterocycles. The molecule has 0 atom stereocenters. The molecule has 0 spiro atoms. The summed E-state index contributed by atoms with van der Waals surface area (Å²) < 4.78 is 0. The fourth-order valence-corrected chi connectivity index (χ4v) is 6.44. The van der Waals surface area contributed by atoms with Gasteiger partial charge in [0.25, 0.3) is 0 Å². The van der Waals surface area contributed by atoms with Crippen LogP contribution in [0, 0.1) is 6.92 Å². The molecule has 0 radical (unpaired) electrons. The van der Waals surface area contributed by atoms with Crippen molar-refractivity contribution >= 4 is 66.4 Å². The molecular weight excluding hydrogens is 520 g/mol. The Balaban J connectivity index is 1.41. The van der Waals surface area contributed by atoms with E-state index in [9.17, 15) is 0 Å². The van der Waals surface area contributed by atoms with Crippen LogP contribution in [0.4, 0.5) is 34.1 Å². The van der Waals surface area contributed by atoms with E-state index in [1.807, 2.05) is 0 Å². The van der Waals surface area contributed by atoms with Crippen molar-refractivity contribution in [1.29, 1.82) is 0 Å². The summed E-state index contributed by atoms with van der Waals surface area (Å²) in [6, 6.07) is 59.1. The lowest BCUT2D eigenvalue weighted by Crippen LogP contribution is -2.11. The van der Waals surface area contributed by atoms with Crippen molar-refractivity contribution in [3.8, 4) is 0 Å². The maximum Gasteiger partial charge on any atom is 0.0540 e. The summed E-state index contributed by atoms with van der Waals surface area (Å²) in [5.41, 5.74) is 8.15. The third-order valence-electron chi connectivity index (χ3n) is 8.44. The van der Waals surface area contributed by atoms with Crippen LogP contribution in [-0.4, -0.2) is 0 Å². The highest BCUT2D eigenvalue weighted by Gasteiger charge is 2.21. The Hall–Kier alpha value is -5.60.